The van der Waals surface area contributed by atoms with E-state index in [1.807, 2.05) is 25.1 Å². The molecular formula is C28H35NO2. The fourth-order valence-electron chi connectivity index (χ4n) is 6.92. The number of carbonyl (C=O) groups excluding carboxylic acids is 1. The largest absolute Gasteiger partial charge is 0.481 e. The summed E-state index contributed by atoms with van der Waals surface area (Å²) in [7, 11) is 0. The first-order chi connectivity index (χ1) is 14.9. The van der Waals surface area contributed by atoms with E-state index in [2.05, 4.69) is 49.5 Å². The van der Waals surface area contributed by atoms with Gasteiger partial charge in [-0.15, -0.1) is 0 Å². The van der Waals surface area contributed by atoms with Crippen molar-refractivity contribution in [3.05, 3.63) is 59.7 Å². The van der Waals surface area contributed by atoms with E-state index in [0.29, 0.717) is 11.3 Å². The standard InChI is InChI=1S/C28H35NO2/c1-18(2)25-6-4-5-7-26(25)31-19(3)27(30)29-24-10-8-23(9-11-24)28-15-20-12-21(16-28)14-22(13-20)17-28/h4-11,18-22H,12-17H2,1-3H3,(H,29,30)/t19-,20?,21?,22?,28?/m1/s1. The van der Waals surface area contributed by atoms with Crippen molar-refractivity contribution in [2.24, 2.45) is 17.8 Å². The molecule has 2 aromatic carbocycles. The third-order valence-electron chi connectivity index (χ3n) is 8.02. The molecule has 3 heteroatoms. The maximum Gasteiger partial charge on any atom is 0.265 e. The summed E-state index contributed by atoms with van der Waals surface area (Å²) in [5, 5.41) is 3.05. The summed E-state index contributed by atoms with van der Waals surface area (Å²) in [6.45, 7) is 6.09. The van der Waals surface area contributed by atoms with Crippen LogP contribution in [0.2, 0.25) is 0 Å². The SMILES string of the molecule is CC(C)c1ccccc1O[C@H](C)C(=O)Nc1ccc(C23CC4CC(CC(C4)C2)C3)cc1. The number of anilines is 1. The Hall–Kier alpha value is -2.29. The number of ether oxygens (including phenoxy) is 1. The minimum Gasteiger partial charge on any atom is -0.481 e. The third-order valence-corrected chi connectivity index (χ3v) is 8.02. The van der Waals surface area contributed by atoms with Crippen LogP contribution >= 0.6 is 0 Å². The smallest absolute Gasteiger partial charge is 0.265 e. The molecule has 3 nitrogen and oxygen atoms in total. The summed E-state index contributed by atoms with van der Waals surface area (Å²) >= 11 is 0. The number of nitrogens with one attached hydrogen (secondary N) is 1. The zero-order chi connectivity index (χ0) is 21.6. The molecule has 1 amide bonds. The molecule has 4 saturated carbocycles. The molecule has 0 unspecified atom stereocenters. The highest BCUT2D eigenvalue weighted by Crippen LogP contribution is 2.60. The number of benzene rings is 2. The molecule has 0 saturated heterocycles. The van der Waals surface area contributed by atoms with E-state index in [-0.39, 0.29) is 5.91 Å². The Morgan fingerprint density at radius 3 is 2.06 bits per heavy atom. The Labute approximate surface area is 186 Å². The molecule has 4 aliphatic carbocycles. The van der Waals surface area contributed by atoms with Crippen LogP contribution in [-0.2, 0) is 10.2 Å². The van der Waals surface area contributed by atoms with Crippen molar-refractivity contribution in [1.29, 1.82) is 0 Å². The van der Waals surface area contributed by atoms with Crippen molar-refractivity contribution in [2.75, 3.05) is 5.32 Å². The van der Waals surface area contributed by atoms with Crippen LogP contribution in [0.15, 0.2) is 48.5 Å². The van der Waals surface area contributed by atoms with E-state index in [1.54, 1.807) is 0 Å². The average molecular weight is 418 g/mol. The monoisotopic (exact) mass is 417 g/mol. The highest BCUT2D eigenvalue weighted by Gasteiger charge is 2.51. The summed E-state index contributed by atoms with van der Waals surface area (Å²) < 4.78 is 6.02. The molecule has 0 radical (unpaired) electrons. The molecule has 6 rings (SSSR count). The zero-order valence-electron chi connectivity index (χ0n) is 19.1. The van der Waals surface area contributed by atoms with Gasteiger partial charge in [0.1, 0.15) is 5.75 Å². The molecule has 2 aromatic rings. The maximum atomic E-state index is 12.8. The minimum absolute atomic E-state index is 0.110. The molecule has 164 valence electrons. The second-order valence-corrected chi connectivity index (χ2v) is 10.7. The zero-order valence-corrected chi connectivity index (χ0v) is 19.1. The van der Waals surface area contributed by atoms with Crippen molar-refractivity contribution < 1.29 is 9.53 Å². The summed E-state index contributed by atoms with van der Waals surface area (Å²) in [6, 6.07) is 16.7. The van der Waals surface area contributed by atoms with Crippen LogP contribution in [0.1, 0.15) is 76.3 Å². The van der Waals surface area contributed by atoms with Crippen molar-refractivity contribution >= 4 is 11.6 Å². The fourth-order valence-corrected chi connectivity index (χ4v) is 6.92. The van der Waals surface area contributed by atoms with Gasteiger partial charge in [0.05, 0.1) is 0 Å². The van der Waals surface area contributed by atoms with E-state index < -0.39 is 6.10 Å². The normalized spacial score (nSPS) is 29.7. The minimum atomic E-state index is -0.553. The van der Waals surface area contributed by atoms with E-state index in [9.17, 15) is 4.79 Å². The van der Waals surface area contributed by atoms with Crippen LogP contribution < -0.4 is 10.1 Å². The molecule has 1 atom stereocenters. The van der Waals surface area contributed by atoms with Gasteiger partial charge in [0, 0.05) is 5.69 Å². The molecule has 0 aromatic heterocycles. The van der Waals surface area contributed by atoms with Gasteiger partial charge >= 0.3 is 0 Å². The van der Waals surface area contributed by atoms with Crippen LogP contribution in [0.5, 0.6) is 5.75 Å². The molecule has 0 spiro atoms. The first-order valence-electron chi connectivity index (χ1n) is 12.1. The molecule has 0 heterocycles. The second kappa shape index (κ2) is 8.00. The Kier molecular flexibility index (Phi) is 5.32. The number of hydrogen-bond donors (Lipinski definition) is 1. The molecule has 1 N–H and O–H groups in total. The summed E-state index contributed by atoms with van der Waals surface area (Å²) in [4.78, 5) is 12.8. The lowest BCUT2D eigenvalue weighted by Crippen LogP contribution is -2.48. The van der Waals surface area contributed by atoms with Gasteiger partial charge in [0.15, 0.2) is 6.10 Å². The average Bonchev–Trinajstić information content (AvgIpc) is 2.73. The quantitative estimate of drug-likeness (QED) is 0.569. The highest BCUT2D eigenvalue weighted by molar-refractivity contribution is 5.94. The van der Waals surface area contributed by atoms with Crippen LogP contribution in [0.4, 0.5) is 5.69 Å². The fraction of sp³-hybridized carbons (Fsp3) is 0.536. The molecule has 0 aliphatic heterocycles. The number of carbonyl (C=O) groups is 1. The van der Waals surface area contributed by atoms with Gasteiger partial charge in [-0.2, -0.15) is 0 Å². The van der Waals surface area contributed by atoms with Gasteiger partial charge in [-0.3, -0.25) is 4.79 Å². The lowest BCUT2D eigenvalue weighted by molar-refractivity contribution is -0.122. The molecule has 4 aliphatic rings. The van der Waals surface area contributed by atoms with E-state index >= 15 is 0 Å². The second-order valence-electron chi connectivity index (χ2n) is 10.7. The topological polar surface area (TPSA) is 38.3 Å². The summed E-state index contributed by atoms with van der Waals surface area (Å²) in [6.07, 6.45) is 7.94. The number of hydrogen-bond acceptors (Lipinski definition) is 2. The Balaban J connectivity index is 1.24. The van der Waals surface area contributed by atoms with E-state index in [4.69, 9.17) is 4.74 Å². The number of para-hydroxylation sites is 1. The maximum absolute atomic E-state index is 12.8. The Bertz CT molecular complexity index is 910. The molecule has 31 heavy (non-hydrogen) atoms. The van der Waals surface area contributed by atoms with Gasteiger partial charge in [0.25, 0.3) is 5.91 Å². The predicted molar refractivity (Wildman–Crippen MR) is 126 cm³/mol. The highest BCUT2D eigenvalue weighted by atomic mass is 16.5. The van der Waals surface area contributed by atoms with Gasteiger partial charge in [-0.05, 0) is 104 Å². The number of rotatable bonds is 6. The Morgan fingerprint density at radius 1 is 0.903 bits per heavy atom. The lowest BCUT2D eigenvalue weighted by atomic mass is 9.48. The lowest BCUT2D eigenvalue weighted by Gasteiger charge is -2.57. The van der Waals surface area contributed by atoms with Crippen molar-refractivity contribution in [1.82, 2.24) is 0 Å². The van der Waals surface area contributed by atoms with Crippen molar-refractivity contribution in [3.63, 3.8) is 0 Å². The van der Waals surface area contributed by atoms with Crippen LogP contribution in [0, 0.1) is 17.8 Å². The molecular weight excluding hydrogens is 382 g/mol. The molecule has 4 fully saturated rings. The predicted octanol–water partition coefficient (Wildman–Crippen LogP) is 6.68. The van der Waals surface area contributed by atoms with Crippen molar-refractivity contribution in [3.8, 4) is 5.75 Å². The number of amides is 1. The van der Waals surface area contributed by atoms with E-state index in [1.165, 1.54) is 44.1 Å². The van der Waals surface area contributed by atoms with Gasteiger partial charge < -0.3 is 10.1 Å². The van der Waals surface area contributed by atoms with Crippen LogP contribution in [0.3, 0.4) is 0 Å². The van der Waals surface area contributed by atoms with E-state index in [0.717, 1.165) is 34.8 Å². The van der Waals surface area contributed by atoms with Gasteiger partial charge in [0.2, 0.25) is 0 Å². The first kappa shape index (κ1) is 20.6. The van der Waals surface area contributed by atoms with Gasteiger partial charge in [-0.25, -0.2) is 0 Å². The third kappa shape index (κ3) is 4.00. The first-order valence-corrected chi connectivity index (χ1v) is 12.1. The van der Waals surface area contributed by atoms with Crippen LogP contribution in [-0.4, -0.2) is 12.0 Å². The Morgan fingerprint density at radius 2 is 1.48 bits per heavy atom. The van der Waals surface area contributed by atoms with Crippen molar-refractivity contribution in [2.45, 2.75) is 76.7 Å². The summed E-state index contributed by atoms with van der Waals surface area (Å²) in [5.74, 6) is 3.86. The summed E-state index contributed by atoms with van der Waals surface area (Å²) in [5.41, 5.74) is 3.86. The molecule has 4 bridgehead atoms. The van der Waals surface area contributed by atoms with Gasteiger partial charge in [-0.1, -0.05) is 44.2 Å². The van der Waals surface area contributed by atoms with Crippen LogP contribution in [0.25, 0.3) is 0 Å².